The molecule has 27 heavy (non-hydrogen) atoms. The molecule has 2 rings (SSSR count). The quantitative estimate of drug-likeness (QED) is 0.645. The summed E-state index contributed by atoms with van der Waals surface area (Å²) in [4.78, 5) is 26.1. The van der Waals surface area contributed by atoms with Crippen molar-refractivity contribution in [3.05, 3.63) is 45.6 Å². The molecule has 1 aromatic heterocycles. The molecular formula is C20H25NO5S. The van der Waals surface area contributed by atoms with E-state index in [2.05, 4.69) is 24.4 Å². The number of methoxy groups -OCH3 is 2. The second-order valence-corrected chi connectivity index (χ2v) is 7.56. The molecule has 2 aromatic rings. The summed E-state index contributed by atoms with van der Waals surface area (Å²) in [6.07, 6.45) is 1.66. The molecule has 6 nitrogen and oxygen atoms in total. The lowest BCUT2D eigenvalue weighted by Gasteiger charge is -2.20. The van der Waals surface area contributed by atoms with Gasteiger partial charge in [-0.3, -0.25) is 9.59 Å². The van der Waals surface area contributed by atoms with Crippen molar-refractivity contribution >= 4 is 23.2 Å². The molecule has 1 amide bonds. The molecule has 0 bridgehead atoms. The van der Waals surface area contributed by atoms with E-state index in [1.54, 1.807) is 36.6 Å². The maximum absolute atomic E-state index is 12.4. The van der Waals surface area contributed by atoms with Crippen LogP contribution in [0.5, 0.6) is 11.5 Å². The van der Waals surface area contributed by atoms with Crippen molar-refractivity contribution in [3.63, 3.8) is 0 Å². The average Bonchev–Trinajstić information content (AvgIpc) is 3.05. The van der Waals surface area contributed by atoms with E-state index < -0.39 is 12.0 Å². The van der Waals surface area contributed by atoms with Crippen molar-refractivity contribution in [2.75, 3.05) is 14.2 Å². The number of hydrogen-bond donors (Lipinski definition) is 2. The van der Waals surface area contributed by atoms with Crippen molar-refractivity contribution in [1.29, 1.82) is 0 Å². The first-order chi connectivity index (χ1) is 12.9. The Labute approximate surface area is 163 Å². The van der Waals surface area contributed by atoms with Crippen LogP contribution in [0, 0.1) is 6.92 Å². The average molecular weight is 391 g/mol. The number of amides is 1. The van der Waals surface area contributed by atoms with Gasteiger partial charge in [-0.15, -0.1) is 11.3 Å². The zero-order valence-corrected chi connectivity index (χ0v) is 16.6. The van der Waals surface area contributed by atoms with Crippen LogP contribution >= 0.6 is 11.3 Å². The monoisotopic (exact) mass is 391 g/mol. The molecule has 1 heterocycles. The van der Waals surface area contributed by atoms with E-state index in [0.717, 1.165) is 6.42 Å². The number of carboxylic acid groups (broad SMARTS) is 1. The first-order valence-electron chi connectivity index (χ1n) is 8.71. The maximum Gasteiger partial charge on any atom is 0.305 e. The Balaban J connectivity index is 2.03. The summed E-state index contributed by atoms with van der Waals surface area (Å²) in [7, 11) is 3.04. The van der Waals surface area contributed by atoms with Gasteiger partial charge in [-0.2, -0.15) is 0 Å². The van der Waals surface area contributed by atoms with Crippen LogP contribution in [0.25, 0.3) is 0 Å². The summed E-state index contributed by atoms with van der Waals surface area (Å²) in [5.74, 6) is -0.0863. The Hall–Kier alpha value is -2.54. The molecule has 7 heteroatoms. The third-order valence-corrected chi connectivity index (χ3v) is 5.21. The number of carbonyl (C=O) groups is 2. The molecule has 0 aliphatic rings. The lowest BCUT2D eigenvalue weighted by Crippen LogP contribution is -2.30. The van der Waals surface area contributed by atoms with Crippen LogP contribution in [0.15, 0.2) is 30.3 Å². The molecule has 1 unspecified atom stereocenters. The number of rotatable bonds is 10. The van der Waals surface area contributed by atoms with Gasteiger partial charge in [0.25, 0.3) is 0 Å². The fourth-order valence-corrected chi connectivity index (χ4v) is 3.76. The minimum Gasteiger partial charge on any atom is -0.497 e. The molecule has 1 atom stereocenters. The predicted octanol–water partition coefficient (Wildman–Crippen LogP) is 3.73. The van der Waals surface area contributed by atoms with Gasteiger partial charge < -0.3 is 19.9 Å². The van der Waals surface area contributed by atoms with Crippen molar-refractivity contribution in [2.24, 2.45) is 0 Å². The Bertz CT molecular complexity index is 786. The number of carbonyl (C=O) groups excluding carboxylic acids is 1. The minimum absolute atomic E-state index is 0.174. The van der Waals surface area contributed by atoms with Crippen LogP contribution in [-0.2, 0) is 16.0 Å². The van der Waals surface area contributed by atoms with Crippen LogP contribution in [0.4, 0.5) is 0 Å². The highest BCUT2D eigenvalue weighted by Crippen LogP contribution is 2.31. The largest absolute Gasteiger partial charge is 0.497 e. The number of benzene rings is 1. The standard InChI is InChI=1S/C20H25NO5S/c1-13-7-9-15(27-13)5-4-6-19(22)21-17(12-20(23)24)16-10-8-14(25-2)11-18(16)26-3/h7-11,17H,4-6,12H2,1-3H3,(H,21,22)(H,23,24). The first-order valence-corrected chi connectivity index (χ1v) is 9.53. The third-order valence-electron chi connectivity index (χ3n) is 4.15. The molecule has 146 valence electrons. The highest BCUT2D eigenvalue weighted by Gasteiger charge is 2.22. The molecule has 0 saturated carbocycles. The fourth-order valence-electron chi connectivity index (χ4n) is 2.83. The van der Waals surface area contributed by atoms with Gasteiger partial charge in [-0.05, 0) is 44.0 Å². The second-order valence-electron chi connectivity index (χ2n) is 6.19. The Morgan fingerprint density at radius 2 is 1.96 bits per heavy atom. The Kier molecular flexibility index (Phi) is 7.67. The van der Waals surface area contributed by atoms with Crippen molar-refractivity contribution < 1.29 is 24.2 Å². The van der Waals surface area contributed by atoms with Crippen molar-refractivity contribution in [3.8, 4) is 11.5 Å². The van der Waals surface area contributed by atoms with E-state index in [4.69, 9.17) is 9.47 Å². The van der Waals surface area contributed by atoms with Crippen LogP contribution in [0.1, 0.15) is 40.6 Å². The first kappa shape index (κ1) is 20.8. The van der Waals surface area contributed by atoms with Crippen molar-refractivity contribution in [2.45, 2.75) is 38.6 Å². The van der Waals surface area contributed by atoms with Gasteiger partial charge in [-0.1, -0.05) is 0 Å². The molecule has 0 aliphatic heterocycles. The summed E-state index contributed by atoms with van der Waals surface area (Å²) in [6, 6.07) is 8.60. The molecule has 0 spiro atoms. The lowest BCUT2D eigenvalue weighted by atomic mass is 10.0. The minimum atomic E-state index is -0.993. The summed E-state index contributed by atoms with van der Waals surface area (Å²) >= 11 is 1.73. The summed E-state index contributed by atoms with van der Waals surface area (Å²) in [6.45, 7) is 2.06. The van der Waals surface area contributed by atoms with E-state index >= 15 is 0 Å². The maximum atomic E-state index is 12.4. The van der Waals surface area contributed by atoms with E-state index in [1.807, 2.05) is 0 Å². The van der Waals surface area contributed by atoms with Gasteiger partial charge in [-0.25, -0.2) is 0 Å². The smallest absolute Gasteiger partial charge is 0.305 e. The van der Waals surface area contributed by atoms with Gasteiger partial charge in [0.2, 0.25) is 5.91 Å². The number of nitrogens with one attached hydrogen (secondary N) is 1. The van der Waals surface area contributed by atoms with E-state index in [-0.39, 0.29) is 12.3 Å². The highest BCUT2D eigenvalue weighted by atomic mass is 32.1. The molecule has 1 aromatic carbocycles. The SMILES string of the molecule is COc1ccc(C(CC(=O)O)NC(=O)CCCc2ccc(C)s2)c(OC)c1. The van der Waals surface area contributed by atoms with Crippen LogP contribution in [0.3, 0.4) is 0 Å². The van der Waals surface area contributed by atoms with E-state index in [9.17, 15) is 14.7 Å². The summed E-state index contributed by atoms with van der Waals surface area (Å²) < 4.78 is 10.5. The van der Waals surface area contributed by atoms with E-state index in [1.165, 1.54) is 16.9 Å². The molecule has 0 aliphatic carbocycles. The highest BCUT2D eigenvalue weighted by molar-refractivity contribution is 7.11. The van der Waals surface area contributed by atoms with Crippen LogP contribution in [-0.4, -0.2) is 31.2 Å². The van der Waals surface area contributed by atoms with Gasteiger partial charge in [0.1, 0.15) is 11.5 Å². The Morgan fingerprint density at radius 3 is 2.56 bits per heavy atom. The summed E-state index contributed by atoms with van der Waals surface area (Å²) in [5, 5.41) is 12.1. The Morgan fingerprint density at radius 1 is 1.19 bits per heavy atom. The molecule has 2 N–H and O–H groups in total. The molecular weight excluding hydrogens is 366 g/mol. The molecule has 0 saturated heterocycles. The fraction of sp³-hybridized carbons (Fsp3) is 0.400. The molecule has 0 radical (unpaired) electrons. The number of aryl methyl sites for hydroxylation is 2. The third kappa shape index (κ3) is 6.29. The van der Waals surface area contributed by atoms with Crippen LogP contribution < -0.4 is 14.8 Å². The van der Waals surface area contributed by atoms with E-state index in [0.29, 0.717) is 29.9 Å². The van der Waals surface area contributed by atoms with Gasteiger partial charge in [0.15, 0.2) is 0 Å². The number of hydrogen-bond acceptors (Lipinski definition) is 5. The van der Waals surface area contributed by atoms with Gasteiger partial charge >= 0.3 is 5.97 Å². The normalized spacial score (nSPS) is 11.7. The summed E-state index contributed by atoms with van der Waals surface area (Å²) in [5.41, 5.74) is 0.614. The number of thiophene rings is 1. The number of carboxylic acids is 1. The molecule has 0 fully saturated rings. The van der Waals surface area contributed by atoms with Gasteiger partial charge in [0.05, 0.1) is 26.7 Å². The topological polar surface area (TPSA) is 84.9 Å². The number of aliphatic carboxylic acids is 1. The predicted molar refractivity (Wildman–Crippen MR) is 105 cm³/mol. The second kappa shape index (κ2) is 9.97. The zero-order chi connectivity index (χ0) is 19.8. The van der Waals surface area contributed by atoms with Gasteiger partial charge in [0, 0.05) is 27.8 Å². The number of ether oxygens (including phenoxy) is 2. The van der Waals surface area contributed by atoms with Crippen molar-refractivity contribution in [1.82, 2.24) is 5.32 Å². The zero-order valence-electron chi connectivity index (χ0n) is 15.8. The lowest BCUT2D eigenvalue weighted by molar-refractivity contribution is -0.137. The van der Waals surface area contributed by atoms with Crippen LogP contribution in [0.2, 0.25) is 0 Å².